The van der Waals surface area contributed by atoms with Gasteiger partial charge in [-0.1, -0.05) is 30.7 Å². The number of carbonyl (C=O) groups is 2. The average Bonchev–Trinajstić information content (AvgIpc) is 2.66. The van der Waals surface area contributed by atoms with Crippen LogP contribution in [0, 0.1) is 11.3 Å². The van der Waals surface area contributed by atoms with Crippen LogP contribution in [0.4, 0.5) is 5.69 Å². The number of nitrogens with one attached hydrogen (secondary N) is 1. The van der Waals surface area contributed by atoms with E-state index in [1.807, 2.05) is 6.07 Å². The van der Waals surface area contributed by atoms with Gasteiger partial charge in [0.15, 0.2) is 16.4 Å². The first-order chi connectivity index (χ1) is 12.8. The smallest absolute Gasteiger partial charge is 0.339 e. The summed E-state index contributed by atoms with van der Waals surface area (Å²) in [6.07, 6.45) is 0. The average molecular weight is 407 g/mol. The van der Waals surface area contributed by atoms with E-state index in [4.69, 9.17) is 21.6 Å². The predicted octanol–water partition coefficient (Wildman–Crippen LogP) is 2.80. The number of amides is 1. The lowest BCUT2D eigenvalue weighted by Crippen LogP contribution is -2.22. The van der Waals surface area contributed by atoms with Crippen LogP contribution in [-0.2, 0) is 19.4 Å². The van der Waals surface area contributed by atoms with Gasteiger partial charge in [-0.15, -0.1) is 0 Å². The molecule has 2 aromatic carbocycles. The van der Waals surface area contributed by atoms with Gasteiger partial charge in [-0.05, 0) is 30.3 Å². The molecule has 0 fully saturated rings. The molecule has 0 spiro atoms. The van der Waals surface area contributed by atoms with Gasteiger partial charge in [0.05, 0.1) is 27.5 Å². The maximum Gasteiger partial charge on any atom is 0.339 e. The molecular formula is C18H15ClN2O5S. The summed E-state index contributed by atoms with van der Waals surface area (Å²) in [7, 11) is -3.63. The van der Waals surface area contributed by atoms with Crippen molar-refractivity contribution in [3.05, 3.63) is 58.6 Å². The quantitative estimate of drug-likeness (QED) is 0.738. The first kappa shape index (κ1) is 20.4. The highest BCUT2D eigenvalue weighted by Crippen LogP contribution is 2.21. The Labute approximate surface area is 161 Å². The fourth-order valence-electron chi connectivity index (χ4n) is 2.17. The van der Waals surface area contributed by atoms with Crippen LogP contribution in [-0.4, -0.2) is 32.7 Å². The molecule has 1 N–H and O–H groups in total. The number of halogens is 1. The summed E-state index contributed by atoms with van der Waals surface area (Å²) >= 11 is 5.84. The van der Waals surface area contributed by atoms with Gasteiger partial charge in [-0.3, -0.25) is 4.79 Å². The third-order valence-corrected chi connectivity index (χ3v) is 5.55. The Morgan fingerprint density at radius 2 is 1.93 bits per heavy atom. The van der Waals surface area contributed by atoms with Crippen LogP contribution in [0.25, 0.3) is 0 Å². The van der Waals surface area contributed by atoms with Crippen LogP contribution < -0.4 is 5.32 Å². The highest BCUT2D eigenvalue weighted by molar-refractivity contribution is 7.91. The minimum Gasteiger partial charge on any atom is -0.452 e. The molecule has 0 aliphatic rings. The van der Waals surface area contributed by atoms with Crippen molar-refractivity contribution in [2.24, 2.45) is 0 Å². The minimum atomic E-state index is -3.63. The van der Waals surface area contributed by atoms with Crippen molar-refractivity contribution in [1.82, 2.24) is 0 Å². The lowest BCUT2D eigenvalue weighted by Gasteiger charge is -2.10. The van der Waals surface area contributed by atoms with Crippen molar-refractivity contribution in [3.63, 3.8) is 0 Å². The van der Waals surface area contributed by atoms with Crippen molar-refractivity contribution in [1.29, 1.82) is 5.26 Å². The number of benzene rings is 2. The molecule has 9 heteroatoms. The number of sulfone groups is 1. The van der Waals surface area contributed by atoms with Crippen molar-refractivity contribution in [2.75, 3.05) is 17.7 Å². The van der Waals surface area contributed by atoms with Crippen LogP contribution in [0.2, 0.25) is 5.02 Å². The summed E-state index contributed by atoms with van der Waals surface area (Å²) in [4.78, 5) is 24.1. The second-order valence-electron chi connectivity index (χ2n) is 5.33. The second kappa shape index (κ2) is 8.66. The molecule has 0 atom stereocenters. The van der Waals surface area contributed by atoms with Gasteiger partial charge in [-0.25, -0.2) is 13.2 Å². The molecule has 0 saturated carbocycles. The van der Waals surface area contributed by atoms with Gasteiger partial charge < -0.3 is 10.1 Å². The van der Waals surface area contributed by atoms with Crippen molar-refractivity contribution < 1.29 is 22.7 Å². The van der Waals surface area contributed by atoms with Crippen molar-refractivity contribution >= 4 is 39.0 Å². The van der Waals surface area contributed by atoms with Crippen molar-refractivity contribution in [2.45, 2.75) is 11.8 Å². The fourth-order valence-corrected chi connectivity index (χ4v) is 3.43. The van der Waals surface area contributed by atoms with Crippen LogP contribution in [0.15, 0.2) is 47.4 Å². The predicted molar refractivity (Wildman–Crippen MR) is 99.2 cm³/mol. The Bertz CT molecular complexity index is 1030. The maximum absolute atomic E-state index is 12.2. The van der Waals surface area contributed by atoms with E-state index in [9.17, 15) is 18.0 Å². The number of nitrogens with zero attached hydrogens (tertiary/aromatic N) is 1. The number of esters is 1. The Morgan fingerprint density at radius 1 is 1.22 bits per heavy atom. The molecule has 0 heterocycles. The van der Waals surface area contributed by atoms with Gasteiger partial charge in [-0.2, -0.15) is 5.26 Å². The molecule has 0 unspecified atom stereocenters. The molecule has 0 aliphatic carbocycles. The zero-order valence-electron chi connectivity index (χ0n) is 14.2. The monoisotopic (exact) mass is 406 g/mol. The summed E-state index contributed by atoms with van der Waals surface area (Å²) in [6.45, 7) is 0.805. The van der Waals surface area contributed by atoms with Crippen molar-refractivity contribution in [3.8, 4) is 6.07 Å². The highest BCUT2D eigenvalue weighted by atomic mass is 35.5. The molecule has 0 radical (unpaired) electrons. The first-order valence-electron chi connectivity index (χ1n) is 7.77. The fraction of sp³-hybridized carbons (Fsp3) is 0.167. The van der Waals surface area contributed by atoms with E-state index in [1.165, 1.54) is 49.4 Å². The van der Waals surface area contributed by atoms with E-state index in [0.29, 0.717) is 5.02 Å². The van der Waals surface area contributed by atoms with E-state index in [-0.39, 0.29) is 27.5 Å². The summed E-state index contributed by atoms with van der Waals surface area (Å²) in [5.41, 5.74) is 0.228. The summed E-state index contributed by atoms with van der Waals surface area (Å²) in [5.74, 6) is -1.81. The largest absolute Gasteiger partial charge is 0.452 e. The number of rotatable bonds is 6. The molecule has 140 valence electrons. The third-order valence-electron chi connectivity index (χ3n) is 3.53. The van der Waals surface area contributed by atoms with Gasteiger partial charge in [0.1, 0.15) is 6.07 Å². The van der Waals surface area contributed by atoms with E-state index in [1.54, 1.807) is 0 Å². The Kier molecular flexibility index (Phi) is 6.55. The Morgan fingerprint density at radius 3 is 2.59 bits per heavy atom. The van der Waals surface area contributed by atoms with Crippen LogP contribution >= 0.6 is 11.6 Å². The molecule has 2 aromatic rings. The van der Waals surface area contributed by atoms with Gasteiger partial charge in [0.25, 0.3) is 5.91 Å². The Hall–Kier alpha value is -2.89. The number of hydrogen-bond acceptors (Lipinski definition) is 6. The van der Waals surface area contributed by atoms with E-state index < -0.39 is 28.3 Å². The van der Waals surface area contributed by atoms with E-state index >= 15 is 0 Å². The minimum absolute atomic E-state index is 0.146. The standard InChI is InChI=1S/C18H15ClN2O5S/c1-2-27(24,25)16-6-4-3-5-14(16)18(23)26-11-17(22)21-15-9-13(19)8-7-12(15)10-20/h3-9H,2,11H2,1H3,(H,21,22). The van der Waals surface area contributed by atoms with Gasteiger partial charge in [0, 0.05) is 5.02 Å². The first-order valence-corrected chi connectivity index (χ1v) is 9.80. The number of hydrogen-bond donors (Lipinski definition) is 1. The van der Waals surface area contributed by atoms with E-state index in [2.05, 4.69) is 5.32 Å². The molecule has 0 bridgehead atoms. The number of anilines is 1. The van der Waals surface area contributed by atoms with Gasteiger partial charge >= 0.3 is 5.97 Å². The zero-order valence-corrected chi connectivity index (χ0v) is 15.8. The maximum atomic E-state index is 12.2. The van der Waals surface area contributed by atoms with Gasteiger partial charge in [0.2, 0.25) is 0 Å². The zero-order chi connectivity index (χ0) is 20.0. The lowest BCUT2D eigenvalue weighted by molar-refractivity contribution is -0.119. The number of carbonyl (C=O) groups excluding carboxylic acids is 2. The third kappa shape index (κ3) is 5.06. The molecule has 0 aromatic heterocycles. The summed E-state index contributed by atoms with van der Waals surface area (Å²) < 4.78 is 29.1. The summed E-state index contributed by atoms with van der Waals surface area (Å²) in [5, 5.41) is 11.8. The molecular weight excluding hydrogens is 392 g/mol. The summed E-state index contributed by atoms with van der Waals surface area (Å²) in [6, 6.07) is 11.8. The molecule has 0 saturated heterocycles. The van der Waals surface area contributed by atoms with Crippen LogP contribution in [0.5, 0.6) is 0 Å². The topological polar surface area (TPSA) is 113 Å². The molecule has 7 nitrogen and oxygen atoms in total. The van der Waals surface area contributed by atoms with Crippen LogP contribution in [0.1, 0.15) is 22.8 Å². The van der Waals surface area contributed by atoms with E-state index in [0.717, 1.165) is 0 Å². The Balaban J connectivity index is 2.10. The molecule has 1 amide bonds. The number of nitriles is 1. The molecule has 27 heavy (non-hydrogen) atoms. The van der Waals surface area contributed by atoms with Crippen LogP contribution in [0.3, 0.4) is 0 Å². The highest BCUT2D eigenvalue weighted by Gasteiger charge is 2.22. The number of ether oxygens (including phenoxy) is 1. The SMILES string of the molecule is CCS(=O)(=O)c1ccccc1C(=O)OCC(=O)Nc1cc(Cl)ccc1C#N. The lowest BCUT2D eigenvalue weighted by atomic mass is 10.2. The molecule has 0 aliphatic heterocycles. The normalized spacial score (nSPS) is 10.7. The molecule has 2 rings (SSSR count). The second-order valence-corrected chi connectivity index (χ2v) is 8.01.